The second-order valence-electron chi connectivity index (χ2n) is 6.52. The number of aryl methyl sites for hydroxylation is 1. The standard InChI is InChI=1S/C20H19ClN4O/c1-13-11-23-18-16(3-2-4-17(18)22)19(13)25-10-9-24(20(25)26)12-14-5-7-15(21)8-6-14/h2-8,11H,9-10,12,22H2,1H3. The molecule has 2 N–H and O–H groups in total. The molecule has 0 bridgehead atoms. The number of halogens is 1. The minimum atomic E-state index is -0.00188. The summed E-state index contributed by atoms with van der Waals surface area (Å²) in [5, 5.41) is 1.60. The quantitative estimate of drug-likeness (QED) is 0.706. The van der Waals surface area contributed by atoms with Crippen molar-refractivity contribution in [1.82, 2.24) is 9.88 Å². The largest absolute Gasteiger partial charge is 0.397 e. The molecule has 0 atom stereocenters. The number of para-hydroxylation sites is 1. The number of rotatable bonds is 3. The lowest BCUT2D eigenvalue weighted by molar-refractivity contribution is 0.219. The molecule has 1 aliphatic heterocycles. The number of benzene rings is 2. The second kappa shape index (κ2) is 6.50. The Labute approximate surface area is 157 Å². The second-order valence-corrected chi connectivity index (χ2v) is 6.95. The fraction of sp³-hybridized carbons (Fsp3) is 0.200. The van der Waals surface area contributed by atoms with E-state index in [9.17, 15) is 4.79 Å². The van der Waals surface area contributed by atoms with Gasteiger partial charge in [-0.05, 0) is 36.2 Å². The van der Waals surface area contributed by atoms with Gasteiger partial charge in [-0.25, -0.2) is 4.79 Å². The average molecular weight is 367 g/mol. The van der Waals surface area contributed by atoms with Gasteiger partial charge in [0.25, 0.3) is 0 Å². The minimum absolute atomic E-state index is 0.00188. The number of nitrogen functional groups attached to an aromatic ring is 1. The van der Waals surface area contributed by atoms with Crippen molar-refractivity contribution < 1.29 is 4.79 Å². The molecule has 0 radical (unpaired) electrons. The maximum atomic E-state index is 13.0. The van der Waals surface area contributed by atoms with E-state index in [-0.39, 0.29) is 6.03 Å². The molecule has 0 aliphatic carbocycles. The Morgan fingerprint density at radius 2 is 1.92 bits per heavy atom. The molecule has 2 amide bonds. The number of nitrogens with zero attached hydrogens (tertiary/aromatic N) is 3. The van der Waals surface area contributed by atoms with Crippen molar-refractivity contribution in [3.8, 4) is 0 Å². The SMILES string of the molecule is Cc1cnc2c(N)cccc2c1N1CCN(Cc2ccc(Cl)cc2)C1=O. The Morgan fingerprint density at radius 1 is 1.15 bits per heavy atom. The summed E-state index contributed by atoms with van der Waals surface area (Å²) >= 11 is 5.94. The topological polar surface area (TPSA) is 62.5 Å². The van der Waals surface area contributed by atoms with Crippen molar-refractivity contribution in [3.63, 3.8) is 0 Å². The first kappa shape index (κ1) is 16.7. The molecule has 1 saturated heterocycles. The number of fused-ring (bicyclic) bond motifs is 1. The smallest absolute Gasteiger partial charge is 0.324 e. The first-order chi connectivity index (χ1) is 12.5. The predicted molar refractivity (Wildman–Crippen MR) is 105 cm³/mol. The van der Waals surface area contributed by atoms with E-state index in [4.69, 9.17) is 17.3 Å². The van der Waals surface area contributed by atoms with Gasteiger partial charge in [0.15, 0.2) is 0 Å². The number of aromatic nitrogens is 1. The van der Waals surface area contributed by atoms with Crippen molar-refractivity contribution in [2.75, 3.05) is 23.7 Å². The average Bonchev–Trinajstić information content (AvgIpc) is 2.97. The molecule has 2 heterocycles. The van der Waals surface area contributed by atoms with Crippen molar-refractivity contribution in [2.24, 2.45) is 0 Å². The molecule has 26 heavy (non-hydrogen) atoms. The molecule has 1 fully saturated rings. The van der Waals surface area contributed by atoms with Crippen LogP contribution in [0.4, 0.5) is 16.2 Å². The lowest BCUT2D eigenvalue weighted by Gasteiger charge is -2.22. The highest BCUT2D eigenvalue weighted by molar-refractivity contribution is 6.30. The number of nitrogens with two attached hydrogens (primary N) is 1. The maximum Gasteiger partial charge on any atom is 0.324 e. The normalized spacial score (nSPS) is 14.5. The van der Waals surface area contributed by atoms with Crippen LogP contribution >= 0.6 is 11.6 Å². The Hall–Kier alpha value is -2.79. The third-order valence-electron chi connectivity index (χ3n) is 4.73. The summed E-state index contributed by atoms with van der Waals surface area (Å²) in [6.45, 7) is 3.85. The van der Waals surface area contributed by atoms with Crippen molar-refractivity contribution in [2.45, 2.75) is 13.5 Å². The zero-order chi connectivity index (χ0) is 18.3. The number of hydrogen-bond acceptors (Lipinski definition) is 3. The van der Waals surface area contributed by atoms with Crippen LogP contribution in [-0.4, -0.2) is 29.0 Å². The van der Waals surface area contributed by atoms with Gasteiger partial charge in [-0.15, -0.1) is 0 Å². The summed E-state index contributed by atoms with van der Waals surface area (Å²) in [7, 11) is 0. The molecule has 1 aliphatic rings. The monoisotopic (exact) mass is 366 g/mol. The highest BCUT2D eigenvalue weighted by Crippen LogP contribution is 2.34. The molecule has 0 saturated carbocycles. The van der Waals surface area contributed by atoms with Gasteiger partial charge in [0.05, 0.1) is 16.9 Å². The van der Waals surface area contributed by atoms with Crippen LogP contribution in [0.1, 0.15) is 11.1 Å². The zero-order valence-electron chi connectivity index (χ0n) is 14.4. The third kappa shape index (κ3) is 2.84. The molecular formula is C20H19ClN4O. The number of pyridine rings is 1. The zero-order valence-corrected chi connectivity index (χ0v) is 15.2. The number of carbonyl (C=O) groups excluding carboxylic acids is 1. The van der Waals surface area contributed by atoms with E-state index in [1.54, 1.807) is 6.20 Å². The number of hydrogen-bond donors (Lipinski definition) is 1. The van der Waals surface area contributed by atoms with Crippen molar-refractivity contribution in [3.05, 3.63) is 64.8 Å². The predicted octanol–water partition coefficient (Wildman–Crippen LogP) is 4.22. The number of urea groups is 1. The Kier molecular flexibility index (Phi) is 4.17. The van der Waals surface area contributed by atoms with Gasteiger partial charge in [-0.3, -0.25) is 9.88 Å². The molecule has 132 valence electrons. The van der Waals surface area contributed by atoms with E-state index in [1.807, 2.05) is 59.2 Å². The van der Waals surface area contributed by atoms with Crippen LogP contribution in [0.5, 0.6) is 0 Å². The Bertz CT molecular complexity index is 987. The number of amides is 2. The fourth-order valence-electron chi connectivity index (χ4n) is 3.44. The summed E-state index contributed by atoms with van der Waals surface area (Å²) < 4.78 is 0. The molecule has 2 aromatic carbocycles. The van der Waals surface area contributed by atoms with E-state index in [0.717, 1.165) is 27.7 Å². The van der Waals surface area contributed by atoms with E-state index in [1.165, 1.54) is 0 Å². The van der Waals surface area contributed by atoms with Gasteiger partial charge in [0.1, 0.15) is 0 Å². The first-order valence-electron chi connectivity index (χ1n) is 8.49. The summed E-state index contributed by atoms with van der Waals surface area (Å²) in [6.07, 6.45) is 1.78. The van der Waals surface area contributed by atoms with E-state index >= 15 is 0 Å². The molecule has 0 spiro atoms. The van der Waals surface area contributed by atoms with Crippen LogP contribution in [0.25, 0.3) is 10.9 Å². The van der Waals surface area contributed by atoms with Crippen molar-refractivity contribution >= 4 is 39.9 Å². The summed E-state index contributed by atoms with van der Waals surface area (Å²) in [5.74, 6) is 0. The van der Waals surface area contributed by atoms with Crippen LogP contribution in [0.3, 0.4) is 0 Å². The third-order valence-corrected chi connectivity index (χ3v) is 4.99. The van der Waals surface area contributed by atoms with Crippen LogP contribution in [0.15, 0.2) is 48.7 Å². The Morgan fingerprint density at radius 3 is 2.69 bits per heavy atom. The van der Waals surface area contributed by atoms with Gasteiger partial charge < -0.3 is 10.6 Å². The molecular weight excluding hydrogens is 348 g/mol. The fourth-order valence-corrected chi connectivity index (χ4v) is 3.56. The van der Waals surface area contributed by atoms with Gasteiger partial charge in [0, 0.05) is 36.2 Å². The molecule has 4 rings (SSSR count). The van der Waals surface area contributed by atoms with Crippen LogP contribution in [0, 0.1) is 6.92 Å². The van der Waals surface area contributed by atoms with Crippen molar-refractivity contribution in [1.29, 1.82) is 0 Å². The van der Waals surface area contributed by atoms with Gasteiger partial charge in [0.2, 0.25) is 0 Å². The highest BCUT2D eigenvalue weighted by atomic mass is 35.5. The summed E-state index contributed by atoms with van der Waals surface area (Å²) in [6, 6.07) is 13.3. The van der Waals surface area contributed by atoms with E-state index in [0.29, 0.717) is 30.3 Å². The lowest BCUT2D eigenvalue weighted by atomic mass is 10.1. The van der Waals surface area contributed by atoms with Crippen LogP contribution in [-0.2, 0) is 6.54 Å². The Balaban J connectivity index is 1.66. The van der Waals surface area contributed by atoms with E-state index in [2.05, 4.69) is 4.98 Å². The van der Waals surface area contributed by atoms with Gasteiger partial charge in [-0.1, -0.05) is 35.9 Å². The molecule has 1 aromatic heterocycles. The minimum Gasteiger partial charge on any atom is -0.397 e. The van der Waals surface area contributed by atoms with E-state index < -0.39 is 0 Å². The van der Waals surface area contributed by atoms with Gasteiger partial charge in [-0.2, -0.15) is 0 Å². The highest BCUT2D eigenvalue weighted by Gasteiger charge is 2.31. The molecule has 6 heteroatoms. The summed E-state index contributed by atoms with van der Waals surface area (Å²) in [4.78, 5) is 21.2. The summed E-state index contributed by atoms with van der Waals surface area (Å²) in [5.41, 5.74) is 10.3. The number of anilines is 2. The molecule has 0 unspecified atom stereocenters. The maximum absolute atomic E-state index is 13.0. The van der Waals surface area contributed by atoms with Crippen LogP contribution in [0.2, 0.25) is 5.02 Å². The number of carbonyl (C=O) groups is 1. The lowest BCUT2D eigenvalue weighted by Crippen LogP contribution is -2.32. The molecule has 5 nitrogen and oxygen atoms in total. The van der Waals surface area contributed by atoms with Gasteiger partial charge >= 0.3 is 6.03 Å². The molecule has 3 aromatic rings. The first-order valence-corrected chi connectivity index (χ1v) is 8.87. The van der Waals surface area contributed by atoms with Crippen LogP contribution < -0.4 is 10.6 Å².